The molecule has 3 saturated carbocycles. The van der Waals surface area contributed by atoms with Crippen LogP contribution in [-0.4, -0.2) is 83.2 Å². The third kappa shape index (κ3) is 7.72. The van der Waals surface area contributed by atoms with Gasteiger partial charge in [-0.3, -0.25) is 19.1 Å². The van der Waals surface area contributed by atoms with E-state index in [1.54, 1.807) is 13.0 Å². The van der Waals surface area contributed by atoms with Crippen molar-refractivity contribution in [3.63, 3.8) is 0 Å². The van der Waals surface area contributed by atoms with Crippen molar-refractivity contribution in [2.45, 2.75) is 145 Å². The van der Waals surface area contributed by atoms with Gasteiger partial charge >= 0.3 is 6.09 Å². The van der Waals surface area contributed by atoms with Crippen molar-refractivity contribution in [2.75, 3.05) is 13.2 Å². The first kappa shape index (κ1) is 39.6. The van der Waals surface area contributed by atoms with Gasteiger partial charge in [0.15, 0.2) is 0 Å². The molecule has 0 bridgehead atoms. The summed E-state index contributed by atoms with van der Waals surface area (Å²) in [5.41, 5.74) is -1.05. The second-order valence-electron chi connectivity index (χ2n) is 18.7. The van der Waals surface area contributed by atoms with E-state index in [2.05, 4.69) is 15.4 Å². The van der Waals surface area contributed by atoms with Gasteiger partial charge in [0, 0.05) is 29.2 Å². The van der Waals surface area contributed by atoms with E-state index in [4.69, 9.17) is 14.5 Å². The lowest BCUT2D eigenvalue weighted by atomic mass is 9.86. The van der Waals surface area contributed by atoms with Crippen molar-refractivity contribution in [1.82, 2.24) is 25.2 Å². The number of rotatable bonds is 6. The number of fused-ring (bicyclic) bond motifs is 5. The Hall–Kier alpha value is -4.27. The standard InChI is InChI=1S/C42H54FN5O8S/c1-39(2,3)24-55-38(52)44-30-14-9-7-5-6-8-11-26-21-42(26,37(51)47-57(53,54)40(4)19-20-40)46-35(49)31-22-41(23-48(31)36(30)50)18-17-28-27-12-10-13-29(43)33(27)45-32(25-15-16-25)34(28)56-41/h8,10-13,25-26,30-31H,5-7,9,14-24H2,1-4H3,(H,44,52)(H,46,49)(H,47,51). The third-order valence-corrected chi connectivity index (χ3v) is 14.9. The highest BCUT2D eigenvalue weighted by molar-refractivity contribution is 7.91. The van der Waals surface area contributed by atoms with E-state index in [9.17, 15) is 27.6 Å². The Kier molecular flexibility index (Phi) is 9.87. The van der Waals surface area contributed by atoms with Crippen LogP contribution < -0.4 is 20.1 Å². The predicted molar refractivity (Wildman–Crippen MR) is 209 cm³/mol. The minimum absolute atomic E-state index is 0.0130. The van der Waals surface area contributed by atoms with E-state index in [1.807, 2.05) is 39.0 Å². The lowest BCUT2D eigenvalue weighted by Crippen LogP contribution is -2.58. The first-order valence-corrected chi connectivity index (χ1v) is 22.0. The molecule has 1 spiro atoms. The second kappa shape index (κ2) is 14.2. The zero-order chi connectivity index (χ0) is 40.5. The molecule has 1 aromatic heterocycles. The summed E-state index contributed by atoms with van der Waals surface area (Å²) in [6.45, 7) is 7.54. The number of hydrogen-bond acceptors (Lipinski definition) is 9. The average Bonchev–Trinajstić information content (AvgIpc) is 4.09. The number of amides is 4. The molecule has 4 fully saturated rings. The minimum Gasteiger partial charge on any atom is -0.483 e. The van der Waals surface area contributed by atoms with Crippen molar-refractivity contribution in [3.05, 3.63) is 47.4 Å². The number of ether oxygens (including phenoxy) is 2. The van der Waals surface area contributed by atoms with E-state index in [1.165, 1.54) is 11.0 Å². The van der Waals surface area contributed by atoms with Crippen LogP contribution in [0.5, 0.6) is 5.75 Å². The van der Waals surface area contributed by atoms with Gasteiger partial charge in [0.1, 0.15) is 40.3 Å². The maximum absolute atomic E-state index is 15.1. The Balaban J connectivity index is 1.14. The van der Waals surface area contributed by atoms with Crippen LogP contribution in [0.25, 0.3) is 10.9 Å². The highest BCUT2D eigenvalue weighted by atomic mass is 32.2. The highest BCUT2D eigenvalue weighted by Crippen LogP contribution is 2.52. The molecule has 4 amide bonds. The van der Waals surface area contributed by atoms with E-state index in [0.29, 0.717) is 67.3 Å². The van der Waals surface area contributed by atoms with Gasteiger partial charge in [0.25, 0.3) is 5.91 Å². The molecule has 3 aliphatic heterocycles. The second-order valence-corrected chi connectivity index (χ2v) is 20.9. The third-order valence-electron chi connectivity index (χ3n) is 12.7. The Labute approximate surface area is 333 Å². The van der Waals surface area contributed by atoms with Crippen LogP contribution in [-0.2, 0) is 35.6 Å². The molecule has 8 rings (SSSR count). The molecule has 13 nitrogen and oxygen atoms in total. The van der Waals surface area contributed by atoms with Crippen LogP contribution >= 0.6 is 0 Å². The van der Waals surface area contributed by atoms with Crippen LogP contribution in [0.3, 0.4) is 0 Å². The number of carbonyl (C=O) groups is 4. The van der Waals surface area contributed by atoms with E-state index in [-0.39, 0.29) is 37.3 Å². The summed E-state index contributed by atoms with van der Waals surface area (Å²) >= 11 is 0. The van der Waals surface area contributed by atoms with Gasteiger partial charge in [-0.15, -0.1) is 0 Å². The minimum atomic E-state index is -4.01. The monoisotopic (exact) mass is 807 g/mol. The molecule has 6 aliphatic rings. The molecule has 1 saturated heterocycles. The first-order chi connectivity index (χ1) is 26.9. The maximum Gasteiger partial charge on any atom is 0.407 e. The lowest BCUT2D eigenvalue weighted by Gasteiger charge is -2.37. The number of pyridine rings is 1. The number of benzene rings is 1. The van der Waals surface area contributed by atoms with Crippen molar-refractivity contribution in [2.24, 2.45) is 11.3 Å². The summed E-state index contributed by atoms with van der Waals surface area (Å²) in [5.74, 6) is -2.05. The Morgan fingerprint density at radius 3 is 2.58 bits per heavy atom. The van der Waals surface area contributed by atoms with Gasteiger partial charge in [-0.2, -0.15) is 0 Å². The van der Waals surface area contributed by atoms with Gasteiger partial charge in [0.2, 0.25) is 21.8 Å². The molecule has 5 atom stereocenters. The zero-order valence-electron chi connectivity index (χ0n) is 33.2. The molecule has 1 aromatic carbocycles. The Morgan fingerprint density at radius 1 is 1.09 bits per heavy atom. The summed E-state index contributed by atoms with van der Waals surface area (Å²) in [4.78, 5) is 62.9. The summed E-state index contributed by atoms with van der Waals surface area (Å²) < 4.78 is 55.3. The normalized spacial score (nSPS) is 29.8. The number of alkyl carbamates (subject to hydrolysis) is 1. The van der Waals surface area contributed by atoms with Crippen LogP contribution in [0.2, 0.25) is 0 Å². The van der Waals surface area contributed by atoms with Crippen LogP contribution in [0.4, 0.5) is 9.18 Å². The van der Waals surface area contributed by atoms with Crippen LogP contribution in [0.15, 0.2) is 30.4 Å². The molecule has 2 aromatic rings. The van der Waals surface area contributed by atoms with Gasteiger partial charge in [-0.25, -0.2) is 22.6 Å². The summed E-state index contributed by atoms with van der Waals surface area (Å²) in [7, 11) is -4.01. The van der Waals surface area contributed by atoms with Gasteiger partial charge in [0.05, 0.1) is 23.6 Å². The van der Waals surface area contributed by atoms with Crippen LogP contribution in [0, 0.1) is 17.2 Å². The zero-order valence-corrected chi connectivity index (χ0v) is 34.1. The SMILES string of the molecule is CC(C)(C)COC(=O)NC1CCCCCC=CC2CC2(C(=O)NS(=O)(=O)C2(C)CC2)NC(=O)C2CC3(CCc4c(c(C5CC5)nc5c(F)cccc45)O3)CN2C1=O. The molecule has 0 radical (unpaired) electrons. The fourth-order valence-electron chi connectivity index (χ4n) is 8.64. The molecular weight excluding hydrogens is 754 g/mol. The van der Waals surface area contributed by atoms with Crippen LogP contribution in [0.1, 0.15) is 122 Å². The van der Waals surface area contributed by atoms with Gasteiger partial charge in [-0.1, -0.05) is 57.9 Å². The van der Waals surface area contributed by atoms with Crippen molar-refractivity contribution in [1.29, 1.82) is 0 Å². The number of halogens is 1. The number of carbonyl (C=O) groups excluding carboxylic acids is 4. The number of aromatic nitrogens is 1. The largest absolute Gasteiger partial charge is 0.483 e. The molecule has 15 heteroatoms. The van der Waals surface area contributed by atoms with E-state index in [0.717, 1.165) is 31.2 Å². The number of nitrogens with one attached hydrogen (secondary N) is 3. The van der Waals surface area contributed by atoms with E-state index < -0.39 is 73.5 Å². The molecular formula is C42H54FN5O8S. The van der Waals surface area contributed by atoms with Gasteiger partial charge in [-0.05, 0) is 82.6 Å². The summed E-state index contributed by atoms with van der Waals surface area (Å²) in [5, 5.41) is 6.41. The number of aryl methyl sites for hydroxylation is 1. The topological polar surface area (TPSA) is 173 Å². The fourth-order valence-corrected chi connectivity index (χ4v) is 9.95. The molecule has 57 heavy (non-hydrogen) atoms. The van der Waals surface area contributed by atoms with Crippen molar-refractivity contribution >= 4 is 44.7 Å². The Morgan fingerprint density at radius 2 is 1.86 bits per heavy atom. The predicted octanol–water partition coefficient (Wildman–Crippen LogP) is 5.45. The molecule has 3 aliphatic carbocycles. The number of hydrogen-bond donors (Lipinski definition) is 3. The number of nitrogens with zero attached hydrogens (tertiary/aromatic N) is 2. The quantitative estimate of drug-likeness (QED) is 0.321. The maximum atomic E-state index is 15.1. The lowest BCUT2D eigenvalue weighted by molar-refractivity contribution is -0.141. The summed E-state index contributed by atoms with van der Waals surface area (Å²) in [6, 6.07) is 2.75. The fraction of sp³-hybridized carbons (Fsp3) is 0.643. The average molecular weight is 808 g/mol. The van der Waals surface area contributed by atoms with Gasteiger partial charge < -0.3 is 25.0 Å². The molecule has 4 heterocycles. The molecule has 3 N–H and O–H groups in total. The van der Waals surface area contributed by atoms with E-state index >= 15 is 4.39 Å². The first-order valence-electron chi connectivity index (χ1n) is 20.5. The highest BCUT2D eigenvalue weighted by Gasteiger charge is 2.64. The molecule has 5 unspecified atom stereocenters. The molecule has 308 valence electrons. The number of sulfonamides is 1. The summed E-state index contributed by atoms with van der Waals surface area (Å²) in [6.07, 6.45) is 10.1. The van der Waals surface area contributed by atoms with Crippen molar-refractivity contribution < 1.29 is 41.5 Å². The number of para-hydroxylation sites is 1. The Bertz CT molecular complexity index is 2150. The van der Waals surface area contributed by atoms with Crippen molar-refractivity contribution in [3.8, 4) is 5.75 Å². The number of allylic oxidation sites excluding steroid dienone is 1. The smallest absolute Gasteiger partial charge is 0.407 e.